The van der Waals surface area contributed by atoms with Crippen LogP contribution in [0, 0.1) is 12.3 Å². The lowest BCUT2D eigenvalue weighted by Gasteiger charge is -2.04. The number of rotatable bonds is 0. The van der Waals surface area contributed by atoms with Gasteiger partial charge in [-0.25, -0.2) is 0 Å². The van der Waals surface area contributed by atoms with E-state index in [4.69, 9.17) is 11.5 Å². The highest BCUT2D eigenvalue weighted by Gasteiger charge is 2.03. The summed E-state index contributed by atoms with van der Waals surface area (Å²) in [6.45, 7) is 3.12. The van der Waals surface area contributed by atoms with Crippen molar-refractivity contribution in [3.05, 3.63) is 36.4 Å². The fourth-order valence-electron chi connectivity index (χ4n) is 0.385. The molecular weight excluding hydrogens is 148 g/mol. The molecule has 0 saturated heterocycles. The average Bonchev–Trinajstić information content (AvgIpc) is 2.07. The van der Waals surface area contributed by atoms with Gasteiger partial charge in [-0.2, -0.15) is 0 Å². The van der Waals surface area contributed by atoms with E-state index in [1.807, 2.05) is 36.4 Å². The molecule has 0 bridgehead atoms. The van der Waals surface area contributed by atoms with Gasteiger partial charge in [0.05, 0.1) is 0 Å². The Morgan fingerprint density at radius 3 is 1.25 bits per heavy atom. The second-order valence-corrected chi connectivity index (χ2v) is 2.86. The summed E-state index contributed by atoms with van der Waals surface area (Å²) in [7, 11) is 0. The van der Waals surface area contributed by atoms with Crippen molar-refractivity contribution in [2.75, 3.05) is 0 Å². The largest absolute Gasteiger partial charge is 0.378 e. The predicted octanol–water partition coefficient (Wildman–Crippen LogP) is 2.08. The first-order valence-electron chi connectivity index (χ1n) is 3.76. The summed E-state index contributed by atoms with van der Waals surface area (Å²) in [6, 6.07) is 12.0. The molecule has 0 radical (unpaired) electrons. The van der Waals surface area contributed by atoms with Crippen LogP contribution in [0.3, 0.4) is 0 Å². The van der Waals surface area contributed by atoms with Crippen molar-refractivity contribution in [2.45, 2.75) is 19.4 Å². The van der Waals surface area contributed by atoms with Crippen LogP contribution in [0.2, 0.25) is 0 Å². The monoisotopic (exact) mass is 162 g/mol. The average molecular weight is 162 g/mol. The maximum atomic E-state index is 8.59. The Labute approximate surface area is 74.1 Å². The van der Waals surface area contributed by atoms with E-state index in [-0.39, 0.29) is 0 Å². The summed E-state index contributed by atoms with van der Waals surface area (Å²) in [4.78, 5) is 0. The molecule has 12 heavy (non-hydrogen) atoms. The molecule has 1 rings (SSSR count). The van der Waals surface area contributed by atoms with Gasteiger partial charge in [0.2, 0.25) is 0 Å². The van der Waals surface area contributed by atoms with Gasteiger partial charge in [0.1, 0.15) is 5.60 Å². The third-order valence-corrected chi connectivity index (χ3v) is 1.02. The van der Waals surface area contributed by atoms with Crippen LogP contribution in [0.15, 0.2) is 36.4 Å². The maximum absolute atomic E-state index is 8.59. The molecule has 0 aliphatic rings. The van der Waals surface area contributed by atoms with Crippen LogP contribution in [0.4, 0.5) is 0 Å². The van der Waals surface area contributed by atoms with Gasteiger partial charge in [-0.05, 0) is 13.8 Å². The van der Waals surface area contributed by atoms with Gasteiger partial charge in [0.15, 0.2) is 0 Å². The summed E-state index contributed by atoms with van der Waals surface area (Å²) in [6.07, 6.45) is 4.81. The molecule has 1 aromatic carbocycles. The molecule has 0 spiro atoms. The number of benzene rings is 1. The minimum atomic E-state index is -0.931. The Kier molecular flexibility index (Phi) is 4.83. The van der Waals surface area contributed by atoms with Crippen LogP contribution in [0.1, 0.15) is 13.8 Å². The van der Waals surface area contributed by atoms with Gasteiger partial charge in [0.25, 0.3) is 0 Å². The van der Waals surface area contributed by atoms with Crippen LogP contribution < -0.4 is 0 Å². The third kappa shape index (κ3) is 8.74. The van der Waals surface area contributed by atoms with Crippen molar-refractivity contribution in [3.8, 4) is 12.3 Å². The van der Waals surface area contributed by atoms with Gasteiger partial charge in [-0.1, -0.05) is 42.3 Å². The number of hydrogen-bond donors (Lipinski definition) is 1. The highest BCUT2D eigenvalue weighted by atomic mass is 16.3. The lowest BCUT2D eigenvalue weighted by Crippen LogP contribution is -2.13. The van der Waals surface area contributed by atoms with Crippen molar-refractivity contribution in [1.29, 1.82) is 0 Å². The van der Waals surface area contributed by atoms with E-state index in [1.54, 1.807) is 13.8 Å². The molecule has 0 amide bonds. The van der Waals surface area contributed by atoms with E-state index in [1.165, 1.54) is 0 Å². The molecule has 0 saturated carbocycles. The van der Waals surface area contributed by atoms with E-state index < -0.39 is 5.60 Å². The van der Waals surface area contributed by atoms with E-state index in [0.717, 1.165) is 0 Å². The van der Waals surface area contributed by atoms with Crippen LogP contribution in [0.25, 0.3) is 0 Å². The topological polar surface area (TPSA) is 20.2 Å². The number of terminal acetylenes is 1. The van der Waals surface area contributed by atoms with Crippen LogP contribution in [0.5, 0.6) is 0 Å². The fraction of sp³-hybridized carbons (Fsp3) is 0.273. The van der Waals surface area contributed by atoms with Crippen molar-refractivity contribution in [3.63, 3.8) is 0 Å². The molecule has 0 aliphatic carbocycles. The van der Waals surface area contributed by atoms with E-state index >= 15 is 0 Å². The summed E-state index contributed by atoms with van der Waals surface area (Å²) in [5, 5.41) is 8.59. The van der Waals surface area contributed by atoms with Crippen LogP contribution in [-0.4, -0.2) is 10.7 Å². The normalized spacial score (nSPS) is 9.17. The molecule has 0 heterocycles. The molecule has 1 nitrogen and oxygen atoms in total. The molecular formula is C11H14O. The second kappa shape index (κ2) is 5.40. The van der Waals surface area contributed by atoms with Gasteiger partial charge >= 0.3 is 0 Å². The Hall–Kier alpha value is -1.26. The van der Waals surface area contributed by atoms with Crippen molar-refractivity contribution >= 4 is 0 Å². The van der Waals surface area contributed by atoms with Crippen molar-refractivity contribution < 1.29 is 5.11 Å². The Morgan fingerprint density at radius 2 is 1.17 bits per heavy atom. The molecule has 1 N–H and O–H groups in total. The minimum Gasteiger partial charge on any atom is -0.378 e. The summed E-state index contributed by atoms with van der Waals surface area (Å²) < 4.78 is 0. The fourth-order valence-corrected chi connectivity index (χ4v) is 0.385. The quantitative estimate of drug-likeness (QED) is 0.579. The molecule has 0 fully saturated rings. The zero-order valence-corrected chi connectivity index (χ0v) is 7.49. The predicted molar refractivity (Wildman–Crippen MR) is 51.6 cm³/mol. The summed E-state index contributed by atoms with van der Waals surface area (Å²) >= 11 is 0. The molecule has 0 aromatic heterocycles. The van der Waals surface area contributed by atoms with Crippen molar-refractivity contribution in [2.24, 2.45) is 0 Å². The zero-order chi connectivity index (χ0) is 9.45. The van der Waals surface area contributed by atoms with E-state index in [0.29, 0.717) is 0 Å². The maximum Gasteiger partial charge on any atom is 0.119 e. The van der Waals surface area contributed by atoms with Crippen LogP contribution in [-0.2, 0) is 0 Å². The molecule has 1 aromatic rings. The van der Waals surface area contributed by atoms with Crippen molar-refractivity contribution in [1.82, 2.24) is 0 Å². The van der Waals surface area contributed by atoms with E-state index in [2.05, 4.69) is 5.92 Å². The standard InChI is InChI=1S/C6H6.C5H8O/c1-2-4-6-5-3-1;1-4-5(2,3)6/h1-6H;1,6H,2-3H3. The summed E-state index contributed by atoms with van der Waals surface area (Å²) in [5.41, 5.74) is -0.931. The summed E-state index contributed by atoms with van der Waals surface area (Å²) in [5.74, 6) is 2.16. The highest BCUT2D eigenvalue weighted by Crippen LogP contribution is 1.93. The first-order chi connectivity index (χ1) is 5.56. The lowest BCUT2D eigenvalue weighted by atomic mass is 10.2. The Bertz CT molecular complexity index is 199. The van der Waals surface area contributed by atoms with Gasteiger partial charge < -0.3 is 5.11 Å². The van der Waals surface area contributed by atoms with E-state index in [9.17, 15) is 0 Å². The first-order valence-corrected chi connectivity index (χ1v) is 3.76. The number of hydrogen-bond acceptors (Lipinski definition) is 1. The van der Waals surface area contributed by atoms with Crippen LogP contribution >= 0.6 is 0 Å². The minimum absolute atomic E-state index is 0.931. The van der Waals surface area contributed by atoms with Gasteiger partial charge in [-0.3, -0.25) is 0 Å². The molecule has 1 heteroatoms. The Morgan fingerprint density at radius 1 is 1.00 bits per heavy atom. The molecule has 64 valence electrons. The number of aliphatic hydroxyl groups is 1. The van der Waals surface area contributed by atoms with Gasteiger partial charge in [0, 0.05) is 0 Å². The van der Waals surface area contributed by atoms with Gasteiger partial charge in [-0.15, -0.1) is 6.42 Å². The first kappa shape index (κ1) is 10.7. The SMILES string of the molecule is C#CC(C)(C)O.c1ccccc1. The molecule has 0 atom stereocenters. The highest BCUT2D eigenvalue weighted by molar-refractivity contribution is 5.00. The smallest absolute Gasteiger partial charge is 0.119 e. The zero-order valence-electron chi connectivity index (χ0n) is 7.49. The Balaban J connectivity index is 0.000000202. The third-order valence-electron chi connectivity index (χ3n) is 1.02. The molecule has 0 aliphatic heterocycles. The molecule has 0 unspecified atom stereocenters. The second-order valence-electron chi connectivity index (χ2n) is 2.86. The lowest BCUT2D eigenvalue weighted by molar-refractivity contribution is 0.144.